The van der Waals surface area contributed by atoms with Gasteiger partial charge in [0.1, 0.15) is 6.04 Å². The van der Waals surface area contributed by atoms with Crippen LogP contribution in [-0.4, -0.2) is 41.4 Å². The molecule has 2 aromatic rings. The average molecular weight is 379 g/mol. The second kappa shape index (κ2) is 6.94. The van der Waals surface area contributed by atoms with E-state index in [0.717, 1.165) is 7.11 Å². The first-order chi connectivity index (χ1) is 12.8. The van der Waals surface area contributed by atoms with Crippen LogP contribution >= 0.6 is 0 Å². The number of carboxylic acids is 1. The molecule has 1 aliphatic rings. The lowest BCUT2D eigenvalue weighted by atomic mass is 10.0. The second-order valence-electron chi connectivity index (χ2n) is 6.11. The van der Waals surface area contributed by atoms with Crippen molar-refractivity contribution in [2.75, 3.05) is 7.11 Å². The Morgan fingerprint density at radius 1 is 1.07 bits per heavy atom. The Morgan fingerprint density at radius 2 is 1.56 bits per heavy atom. The monoisotopic (exact) mass is 379 g/mol. The van der Waals surface area contributed by atoms with Gasteiger partial charge in [0.15, 0.2) is 0 Å². The summed E-state index contributed by atoms with van der Waals surface area (Å²) in [5.74, 6) is -1.66. The Balaban J connectivity index is 2.21. The molecule has 2 aromatic carbocycles. The van der Waals surface area contributed by atoms with E-state index in [1.54, 1.807) is 48.5 Å². The van der Waals surface area contributed by atoms with Gasteiger partial charge in [-0.2, -0.15) is 13.2 Å². The summed E-state index contributed by atoms with van der Waals surface area (Å²) in [7, 11) is 0.969. The first-order valence-corrected chi connectivity index (χ1v) is 8.08. The molecule has 1 unspecified atom stereocenters. The van der Waals surface area contributed by atoms with Gasteiger partial charge in [0.2, 0.25) is 0 Å². The van der Waals surface area contributed by atoms with Crippen molar-refractivity contribution in [1.82, 2.24) is 4.90 Å². The number of methoxy groups -OCH3 is 1. The molecular formula is C19H16F3NO4. The van der Waals surface area contributed by atoms with Crippen molar-refractivity contribution in [2.45, 2.75) is 24.7 Å². The van der Waals surface area contributed by atoms with Crippen molar-refractivity contribution in [2.24, 2.45) is 0 Å². The Bertz CT molecular complexity index is 836. The highest BCUT2D eigenvalue weighted by molar-refractivity contribution is 5.81. The maximum Gasteiger partial charge on any atom is 0.410 e. The lowest BCUT2D eigenvalue weighted by Crippen LogP contribution is -2.51. The SMILES string of the molecule is COC(=O)N(C1c2ccccc2-c2ccccc21)C(CC(=O)O)C(F)(F)F. The molecule has 0 fully saturated rings. The van der Waals surface area contributed by atoms with Crippen molar-refractivity contribution in [3.05, 3.63) is 59.7 Å². The van der Waals surface area contributed by atoms with E-state index < -0.39 is 36.7 Å². The van der Waals surface area contributed by atoms with E-state index in [1.165, 1.54) is 0 Å². The van der Waals surface area contributed by atoms with Crippen molar-refractivity contribution in [1.29, 1.82) is 0 Å². The molecule has 27 heavy (non-hydrogen) atoms. The van der Waals surface area contributed by atoms with E-state index in [1.807, 2.05) is 0 Å². The van der Waals surface area contributed by atoms with Crippen LogP contribution in [0.4, 0.5) is 18.0 Å². The molecule has 8 heteroatoms. The molecule has 0 heterocycles. The summed E-state index contributed by atoms with van der Waals surface area (Å²) in [5, 5.41) is 9.01. The van der Waals surface area contributed by atoms with Gasteiger partial charge in [-0.05, 0) is 22.3 Å². The number of halogens is 3. The number of alkyl halides is 3. The van der Waals surface area contributed by atoms with Gasteiger partial charge in [0, 0.05) is 0 Å². The molecule has 1 atom stereocenters. The summed E-state index contributed by atoms with van der Waals surface area (Å²) in [6.07, 6.45) is -7.46. The molecule has 0 saturated carbocycles. The molecule has 0 aromatic heterocycles. The smallest absolute Gasteiger partial charge is 0.410 e. The number of rotatable bonds is 4. The lowest BCUT2D eigenvalue weighted by molar-refractivity contribution is -0.189. The Kier molecular flexibility index (Phi) is 4.82. The van der Waals surface area contributed by atoms with Gasteiger partial charge in [-0.1, -0.05) is 48.5 Å². The molecular weight excluding hydrogens is 363 g/mol. The first-order valence-electron chi connectivity index (χ1n) is 8.08. The van der Waals surface area contributed by atoms with E-state index in [4.69, 9.17) is 5.11 Å². The predicted octanol–water partition coefficient (Wildman–Crippen LogP) is 4.23. The highest BCUT2D eigenvalue weighted by atomic mass is 19.4. The van der Waals surface area contributed by atoms with Crippen LogP contribution in [0.5, 0.6) is 0 Å². The van der Waals surface area contributed by atoms with Crippen LogP contribution in [0.25, 0.3) is 11.1 Å². The zero-order valence-corrected chi connectivity index (χ0v) is 14.2. The van der Waals surface area contributed by atoms with E-state index >= 15 is 0 Å². The number of ether oxygens (including phenoxy) is 1. The Morgan fingerprint density at radius 3 is 1.96 bits per heavy atom. The van der Waals surface area contributed by atoms with Crippen LogP contribution in [0.3, 0.4) is 0 Å². The molecule has 0 radical (unpaired) electrons. The zero-order chi connectivity index (χ0) is 19.8. The van der Waals surface area contributed by atoms with Crippen LogP contribution in [0.2, 0.25) is 0 Å². The fraction of sp³-hybridized carbons (Fsp3) is 0.263. The maximum absolute atomic E-state index is 13.7. The van der Waals surface area contributed by atoms with Gasteiger partial charge in [0.25, 0.3) is 0 Å². The number of amides is 1. The summed E-state index contributed by atoms with van der Waals surface area (Å²) >= 11 is 0. The van der Waals surface area contributed by atoms with Gasteiger partial charge in [-0.25, -0.2) is 4.79 Å². The minimum absolute atomic E-state index is 0.485. The van der Waals surface area contributed by atoms with E-state index in [9.17, 15) is 22.8 Å². The quantitative estimate of drug-likeness (QED) is 0.863. The summed E-state index contributed by atoms with van der Waals surface area (Å²) in [5.41, 5.74) is 2.37. The van der Waals surface area contributed by atoms with Crippen LogP contribution < -0.4 is 0 Å². The van der Waals surface area contributed by atoms with Gasteiger partial charge in [0.05, 0.1) is 19.6 Å². The predicted molar refractivity (Wildman–Crippen MR) is 90.1 cm³/mol. The number of fused-ring (bicyclic) bond motifs is 3. The third kappa shape index (κ3) is 3.34. The first kappa shape index (κ1) is 18.8. The topological polar surface area (TPSA) is 66.8 Å². The van der Waals surface area contributed by atoms with Gasteiger partial charge in [-0.3, -0.25) is 9.69 Å². The highest BCUT2D eigenvalue weighted by Gasteiger charge is 2.51. The van der Waals surface area contributed by atoms with Crippen molar-refractivity contribution in [3.63, 3.8) is 0 Å². The van der Waals surface area contributed by atoms with Gasteiger partial charge >= 0.3 is 18.2 Å². The van der Waals surface area contributed by atoms with Crippen LogP contribution in [0, 0.1) is 0 Å². The third-order valence-electron chi connectivity index (χ3n) is 4.55. The van der Waals surface area contributed by atoms with Crippen LogP contribution in [0.15, 0.2) is 48.5 Å². The van der Waals surface area contributed by atoms with Crippen LogP contribution in [0.1, 0.15) is 23.6 Å². The van der Waals surface area contributed by atoms with Crippen molar-refractivity contribution < 1.29 is 32.6 Å². The number of carboxylic acid groups (broad SMARTS) is 1. The summed E-state index contributed by atoms with van der Waals surface area (Å²) in [6.45, 7) is 0. The standard InChI is InChI=1S/C19H16F3NO4/c1-27-18(26)23(15(10-16(24)25)19(20,21)22)17-13-8-4-2-6-11(13)12-7-3-5-9-14(12)17/h2-9,15,17H,10H2,1H3,(H,24,25). The van der Waals surface area contributed by atoms with Crippen molar-refractivity contribution >= 4 is 12.1 Å². The molecule has 142 valence electrons. The molecule has 0 aliphatic heterocycles. The van der Waals surface area contributed by atoms with E-state index in [2.05, 4.69) is 4.74 Å². The number of hydrogen-bond acceptors (Lipinski definition) is 3. The van der Waals surface area contributed by atoms with Crippen LogP contribution in [-0.2, 0) is 9.53 Å². The maximum atomic E-state index is 13.7. The number of carbonyl (C=O) groups is 2. The average Bonchev–Trinajstić information content (AvgIpc) is 2.95. The lowest BCUT2D eigenvalue weighted by Gasteiger charge is -2.36. The second-order valence-corrected chi connectivity index (χ2v) is 6.11. The normalized spacial score (nSPS) is 14.2. The molecule has 3 rings (SSSR count). The van der Waals surface area contributed by atoms with E-state index in [0.29, 0.717) is 27.2 Å². The number of carbonyl (C=O) groups excluding carboxylic acids is 1. The van der Waals surface area contributed by atoms with E-state index in [-0.39, 0.29) is 0 Å². The fourth-order valence-electron chi connectivity index (χ4n) is 3.48. The number of benzene rings is 2. The molecule has 1 amide bonds. The summed E-state index contributed by atoms with van der Waals surface area (Å²) < 4.78 is 45.8. The summed E-state index contributed by atoms with van der Waals surface area (Å²) in [6, 6.07) is 9.95. The number of hydrogen-bond donors (Lipinski definition) is 1. The molecule has 1 N–H and O–H groups in total. The number of aliphatic carboxylic acids is 1. The van der Waals surface area contributed by atoms with Gasteiger partial charge < -0.3 is 9.84 Å². The van der Waals surface area contributed by atoms with Gasteiger partial charge in [-0.15, -0.1) is 0 Å². The largest absolute Gasteiger partial charge is 0.481 e. The molecule has 0 bridgehead atoms. The summed E-state index contributed by atoms with van der Waals surface area (Å²) in [4.78, 5) is 24.0. The molecule has 0 saturated heterocycles. The highest BCUT2D eigenvalue weighted by Crippen LogP contribution is 2.48. The van der Waals surface area contributed by atoms with Crippen molar-refractivity contribution in [3.8, 4) is 11.1 Å². The molecule has 5 nitrogen and oxygen atoms in total. The molecule has 0 spiro atoms. The molecule has 1 aliphatic carbocycles. The number of nitrogens with zero attached hydrogens (tertiary/aromatic N) is 1. The third-order valence-corrected chi connectivity index (χ3v) is 4.55. The zero-order valence-electron chi connectivity index (χ0n) is 14.2. The fourth-order valence-corrected chi connectivity index (χ4v) is 3.48. The minimum Gasteiger partial charge on any atom is -0.481 e. The Labute approximate surface area is 153 Å². The minimum atomic E-state index is -4.95. The Hall–Kier alpha value is -3.03.